The first-order valence-electron chi connectivity index (χ1n) is 9.01. The van der Waals surface area contributed by atoms with Crippen LogP contribution in [-0.4, -0.2) is 45.2 Å². The Morgan fingerprint density at radius 2 is 2.00 bits per heavy atom. The molecule has 0 spiro atoms. The summed E-state index contributed by atoms with van der Waals surface area (Å²) in [6, 6.07) is 11.7. The summed E-state index contributed by atoms with van der Waals surface area (Å²) in [6.45, 7) is 4.08. The van der Waals surface area contributed by atoms with Crippen LogP contribution in [0.15, 0.2) is 41.4 Å². The quantitative estimate of drug-likeness (QED) is 0.317. The van der Waals surface area contributed by atoms with Gasteiger partial charge in [-0.1, -0.05) is 23.7 Å². The Morgan fingerprint density at radius 1 is 1.21 bits per heavy atom. The minimum Gasteiger partial charge on any atom is -0.497 e. The predicted octanol–water partition coefficient (Wildman–Crippen LogP) is 3.73. The topological polar surface area (TPSA) is 61.8 Å². The second kappa shape index (κ2) is 12.7. The maximum atomic E-state index is 6.30. The molecule has 0 unspecified atom stereocenters. The van der Waals surface area contributed by atoms with E-state index in [1.807, 2.05) is 62.3 Å². The third kappa shape index (κ3) is 7.71. The molecule has 0 aliphatic carbocycles. The monoisotopic (exact) mass is 517 g/mol. The van der Waals surface area contributed by atoms with Crippen molar-refractivity contribution in [2.24, 2.45) is 4.99 Å². The third-order valence-corrected chi connectivity index (χ3v) is 4.29. The van der Waals surface area contributed by atoms with Gasteiger partial charge in [-0.2, -0.15) is 0 Å². The van der Waals surface area contributed by atoms with Gasteiger partial charge < -0.3 is 20.3 Å². The van der Waals surface area contributed by atoms with Crippen molar-refractivity contribution in [3.63, 3.8) is 0 Å². The molecular formula is C20H29ClIN5O. The maximum Gasteiger partial charge on any atom is 0.191 e. The van der Waals surface area contributed by atoms with Crippen molar-refractivity contribution in [2.45, 2.75) is 19.9 Å². The van der Waals surface area contributed by atoms with Crippen LogP contribution >= 0.6 is 35.6 Å². The molecule has 8 heteroatoms. The van der Waals surface area contributed by atoms with E-state index in [-0.39, 0.29) is 24.0 Å². The van der Waals surface area contributed by atoms with Gasteiger partial charge in [-0.3, -0.25) is 0 Å². The summed E-state index contributed by atoms with van der Waals surface area (Å²) >= 11 is 6.30. The fraction of sp³-hybridized carbons (Fsp3) is 0.400. The van der Waals surface area contributed by atoms with Crippen molar-refractivity contribution in [3.05, 3.63) is 52.7 Å². The molecule has 0 radical (unpaired) electrons. The number of rotatable bonds is 8. The van der Waals surface area contributed by atoms with Gasteiger partial charge in [-0.05, 0) is 43.2 Å². The minimum atomic E-state index is 0. The van der Waals surface area contributed by atoms with E-state index < -0.39 is 0 Å². The molecule has 0 fully saturated rings. The van der Waals surface area contributed by atoms with E-state index in [1.54, 1.807) is 7.11 Å². The lowest BCUT2D eigenvalue weighted by molar-refractivity contribution is 0.414. The Hall–Kier alpha value is -1.74. The van der Waals surface area contributed by atoms with Gasteiger partial charge in [0.05, 0.1) is 19.3 Å². The Labute approximate surface area is 189 Å². The number of benzene rings is 1. The number of nitrogens with one attached hydrogen (secondary N) is 2. The average molecular weight is 518 g/mol. The lowest BCUT2D eigenvalue weighted by Crippen LogP contribution is -2.38. The van der Waals surface area contributed by atoms with Crippen molar-refractivity contribution >= 4 is 47.4 Å². The number of methoxy groups -OCH3 is 1. The number of ether oxygens (including phenoxy) is 1. The van der Waals surface area contributed by atoms with Crippen LogP contribution < -0.4 is 20.3 Å². The molecule has 154 valence electrons. The molecule has 0 saturated heterocycles. The largest absolute Gasteiger partial charge is 0.497 e. The second-order valence-corrected chi connectivity index (χ2v) is 6.62. The third-order valence-electron chi connectivity index (χ3n) is 3.94. The summed E-state index contributed by atoms with van der Waals surface area (Å²) in [7, 11) is 5.59. The van der Waals surface area contributed by atoms with Gasteiger partial charge in [0.1, 0.15) is 11.6 Å². The van der Waals surface area contributed by atoms with Gasteiger partial charge in [-0.25, -0.2) is 9.98 Å². The molecule has 0 aliphatic heterocycles. The van der Waals surface area contributed by atoms with Crippen LogP contribution in [0, 0.1) is 0 Å². The van der Waals surface area contributed by atoms with Gasteiger partial charge in [0.25, 0.3) is 0 Å². The average Bonchev–Trinajstić information content (AvgIpc) is 2.67. The van der Waals surface area contributed by atoms with Gasteiger partial charge in [0.2, 0.25) is 0 Å². The van der Waals surface area contributed by atoms with E-state index in [9.17, 15) is 0 Å². The highest BCUT2D eigenvalue weighted by atomic mass is 127. The number of anilines is 1. The van der Waals surface area contributed by atoms with Crippen LogP contribution in [0.5, 0.6) is 5.75 Å². The number of hydrogen-bond donors (Lipinski definition) is 2. The zero-order chi connectivity index (χ0) is 19.6. The summed E-state index contributed by atoms with van der Waals surface area (Å²) in [4.78, 5) is 11.2. The zero-order valence-corrected chi connectivity index (χ0v) is 19.9. The van der Waals surface area contributed by atoms with Crippen molar-refractivity contribution in [2.75, 3.05) is 39.2 Å². The van der Waals surface area contributed by atoms with Gasteiger partial charge in [0, 0.05) is 32.2 Å². The molecule has 0 aliphatic rings. The van der Waals surface area contributed by atoms with Gasteiger partial charge >= 0.3 is 0 Å². The summed E-state index contributed by atoms with van der Waals surface area (Å²) < 4.78 is 5.18. The smallest absolute Gasteiger partial charge is 0.191 e. The predicted molar refractivity (Wildman–Crippen MR) is 129 cm³/mol. The van der Waals surface area contributed by atoms with Crippen LogP contribution in [0.1, 0.15) is 18.2 Å². The summed E-state index contributed by atoms with van der Waals surface area (Å²) in [6.07, 6.45) is 0.793. The summed E-state index contributed by atoms with van der Waals surface area (Å²) in [5, 5.41) is 7.31. The molecule has 1 aromatic carbocycles. The fourth-order valence-electron chi connectivity index (χ4n) is 2.48. The first kappa shape index (κ1) is 24.3. The summed E-state index contributed by atoms with van der Waals surface area (Å²) in [5.74, 6) is 2.45. The van der Waals surface area contributed by atoms with Gasteiger partial charge in [-0.15, -0.1) is 24.0 Å². The van der Waals surface area contributed by atoms with Crippen molar-refractivity contribution in [1.82, 2.24) is 15.6 Å². The Balaban J connectivity index is 0.00000392. The van der Waals surface area contributed by atoms with Crippen LogP contribution in [0.2, 0.25) is 5.02 Å². The Bertz CT molecular complexity index is 770. The number of aromatic nitrogens is 1. The first-order valence-corrected chi connectivity index (χ1v) is 9.39. The number of pyridine rings is 1. The fourth-order valence-corrected chi connectivity index (χ4v) is 2.74. The molecule has 2 rings (SSSR count). The molecule has 6 nitrogen and oxygen atoms in total. The molecule has 0 saturated carbocycles. The van der Waals surface area contributed by atoms with E-state index in [1.165, 1.54) is 0 Å². The SMILES string of the molecule is CCNC(=NCc1cccc(N(C)C)n1)NCCc1ccc(OC)cc1Cl.I. The zero-order valence-electron chi connectivity index (χ0n) is 16.8. The van der Waals surface area contributed by atoms with E-state index in [0.717, 1.165) is 48.3 Å². The van der Waals surface area contributed by atoms with E-state index >= 15 is 0 Å². The Morgan fingerprint density at radius 3 is 2.64 bits per heavy atom. The molecule has 1 heterocycles. The standard InChI is InChI=1S/C20H28ClN5O.HI/c1-5-22-20(24-14-16-7-6-8-19(25-16)26(2)3)23-12-11-15-9-10-17(27-4)13-18(15)21;/h6-10,13H,5,11-12,14H2,1-4H3,(H2,22,23,24);1H. The molecule has 0 bridgehead atoms. The van der Waals surface area contributed by atoms with Crippen molar-refractivity contribution in [1.29, 1.82) is 0 Å². The molecule has 28 heavy (non-hydrogen) atoms. The lowest BCUT2D eigenvalue weighted by atomic mass is 10.1. The van der Waals surface area contributed by atoms with Crippen molar-refractivity contribution in [3.8, 4) is 5.75 Å². The van der Waals surface area contributed by atoms with Crippen LogP contribution in [0.3, 0.4) is 0 Å². The molecule has 1 aromatic heterocycles. The molecule has 2 aromatic rings. The van der Waals surface area contributed by atoms with Gasteiger partial charge in [0.15, 0.2) is 5.96 Å². The van der Waals surface area contributed by atoms with E-state index in [2.05, 4.69) is 20.6 Å². The highest BCUT2D eigenvalue weighted by Crippen LogP contribution is 2.22. The number of nitrogens with zero attached hydrogens (tertiary/aromatic N) is 3. The number of hydrogen-bond acceptors (Lipinski definition) is 4. The van der Waals surface area contributed by atoms with Crippen molar-refractivity contribution < 1.29 is 4.74 Å². The molecule has 0 atom stereocenters. The lowest BCUT2D eigenvalue weighted by Gasteiger charge is -2.13. The second-order valence-electron chi connectivity index (χ2n) is 6.21. The number of halogens is 2. The van der Waals surface area contributed by atoms with Crippen LogP contribution in [-0.2, 0) is 13.0 Å². The highest BCUT2D eigenvalue weighted by Gasteiger charge is 2.04. The van der Waals surface area contributed by atoms with Crippen LogP contribution in [0.4, 0.5) is 5.82 Å². The molecular weight excluding hydrogens is 489 g/mol. The van der Waals surface area contributed by atoms with Crippen LogP contribution in [0.25, 0.3) is 0 Å². The maximum absolute atomic E-state index is 6.30. The van der Waals surface area contributed by atoms with E-state index in [0.29, 0.717) is 11.6 Å². The molecule has 0 amide bonds. The van der Waals surface area contributed by atoms with E-state index in [4.69, 9.17) is 16.3 Å². The molecule has 2 N–H and O–H groups in total. The minimum absolute atomic E-state index is 0. The number of guanidine groups is 1. The summed E-state index contributed by atoms with van der Waals surface area (Å²) in [5.41, 5.74) is 2.00. The first-order chi connectivity index (χ1) is 13.0. The number of aliphatic imine (C=N–C) groups is 1. The normalized spacial score (nSPS) is 10.8. The highest BCUT2D eigenvalue weighted by molar-refractivity contribution is 14.0. The Kier molecular flexibility index (Phi) is 11.0.